The molecule has 0 saturated heterocycles. The third kappa shape index (κ3) is 4.20. The van der Waals surface area contributed by atoms with Gasteiger partial charge in [-0.2, -0.15) is 13.2 Å². The van der Waals surface area contributed by atoms with E-state index in [0.29, 0.717) is 21.7 Å². The number of hydrogen-bond acceptors (Lipinski definition) is 6. The van der Waals surface area contributed by atoms with Gasteiger partial charge in [0.05, 0.1) is 21.8 Å². The van der Waals surface area contributed by atoms with E-state index in [1.54, 1.807) is 31.2 Å². The average Bonchev–Trinajstić information content (AvgIpc) is 3.25. The maximum Gasteiger partial charge on any atom is 0.470 e. The molecule has 0 saturated carbocycles. The van der Waals surface area contributed by atoms with E-state index in [0.717, 1.165) is 23.7 Å². The second-order valence-electron chi connectivity index (χ2n) is 6.78. The number of aryl methyl sites for hydroxylation is 1. The van der Waals surface area contributed by atoms with Gasteiger partial charge in [-0.1, -0.05) is 43.0 Å². The number of rotatable bonds is 5. The molecule has 0 amide bonds. The van der Waals surface area contributed by atoms with E-state index in [4.69, 9.17) is 4.42 Å². The van der Waals surface area contributed by atoms with E-state index in [1.807, 2.05) is 31.2 Å². The standard InChI is InChI=1S/C21H17F3N4O2S/c1-3-13-8-10-14(11-9-13)28-18(29)15-6-4-5-7-16(15)25-20(28)31-12(2)17-26-27-19(30-17)21(22,23)24/h4-12H,3H2,1-2H3. The molecule has 0 fully saturated rings. The minimum atomic E-state index is -4.72. The highest BCUT2D eigenvalue weighted by atomic mass is 32.2. The van der Waals surface area contributed by atoms with Gasteiger partial charge in [0.2, 0.25) is 5.89 Å². The van der Waals surface area contributed by atoms with Crippen molar-refractivity contribution in [3.63, 3.8) is 0 Å². The highest BCUT2D eigenvalue weighted by molar-refractivity contribution is 7.99. The number of alkyl halides is 3. The summed E-state index contributed by atoms with van der Waals surface area (Å²) < 4.78 is 44.7. The summed E-state index contributed by atoms with van der Waals surface area (Å²) in [5, 5.41) is 6.67. The Morgan fingerprint density at radius 1 is 1.10 bits per heavy atom. The first kappa shape index (κ1) is 21.1. The first-order chi connectivity index (χ1) is 14.8. The van der Waals surface area contributed by atoms with Crippen LogP contribution in [-0.2, 0) is 12.6 Å². The lowest BCUT2D eigenvalue weighted by Crippen LogP contribution is -2.22. The van der Waals surface area contributed by atoms with Crippen molar-refractivity contribution in [3.8, 4) is 5.69 Å². The zero-order valence-electron chi connectivity index (χ0n) is 16.6. The van der Waals surface area contributed by atoms with Crippen LogP contribution in [0.2, 0.25) is 0 Å². The van der Waals surface area contributed by atoms with Crippen molar-refractivity contribution >= 4 is 22.7 Å². The number of benzene rings is 2. The molecule has 1 atom stereocenters. The summed E-state index contributed by atoms with van der Waals surface area (Å²) in [5.41, 5.74) is 1.94. The number of aromatic nitrogens is 4. The Balaban J connectivity index is 1.80. The second-order valence-corrected chi connectivity index (χ2v) is 8.08. The Morgan fingerprint density at radius 2 is 1.81 bits per heavy atom. The Bertz CT molecular complexity index is 1280. The van der Waals surface area contributed by atoms with Crippen molar-refractivity contribution in [1.29, 1.82) is 0 Å². The largest absolute Gasteiger partial charge is 0.470 e. The molecule has 0 aliphatic heterocycles. The van der Waals surface area contributed by atoms with Crippen molar-refractivity contribution in [2.45, 2.75) is 36.9 Å². The Labute approximate surface area is 179 Å². The Hall–Kier alpha value is -3.14. The molecule has 0 N–H and O–H groups in total. The Morgan fingerprint density at radius 3 is 2.45 bits per heavy atom. The number of halogens is 3. The number of thioether (sulfide) groups is 1. The molecule has 160 valence electrons. The summed E-state index contributed by atoms with van der Waals surface area (Å²) in [6.45, 7) is 3.64. The van der Waals surface area contributed by atoms with Crippen LogP contribution in [0.5, 0.6) is 0 Å². The molecular weight excluding hydrogens is 429 g/mol. The summed E-state index contributed by atoms with van der Waals surface area (Å²) >= 11 is 1.07. The maximum atomic E-state index is 13.3. The van der Waals surface area contributed by atoms with Crippen molar-refractivity contribution in [1.82, 2.24) is 19.7 Å². The highest BCUT2D eigenvalue weighted by Gasteiger charge is 2.38. The summed E-state index contributed by atoms with van der Waals surface area (Å²) in [6.07, 6.45) is -3.87. The van der Waals surface area contributed by atoms with Gasteiger partial charge in [0.1, 0.15) is 0 Å². The normalized spacial score (nSPS) is 12.9. The van der Waals surface area contributed by atoms with Gasteiger partial charge in [0.25, 0.3) is 5.56 Å². The van der Waals surface area contributed by atoms with Crippen LogP contribution >= 0.6 is 11.8 Å². The van der Waals surface area contributed by atoms with Crippen LogP contribution < -0.4 is 5.56 Å². The number of hydrogen-bond donors (Lipinski definition) is 0. The smallest absolute Gasteiger partial charge is 0.416 e. The first-order valence-electron chi connectivity index (χ1n) is 9.46. The van der Waals surface area contributed by atoms with Gasteiger partial charge in [-0.05, 0) is 43.2 Å². The van der Waals surface area contributed by atoms with E-state index in [2.05, 4.69) is 15.2 Å². The molecular formula is C21H17F3N4O2S. The fourth-order valence-electron chi connectivity index (χ4n) is 3.02. The van der Waals surface area contributed by atoms with Gasteiger partial charge in [0, 0.05) is 0 Å². The quantitative estimate of drug-likeness (QED) is 0.310. The van der Waals surface area contributed by atoms with E-state index < -0.39 is 17.3 Å². The average molecular weight is 446 g/mol. The fourth-order valence-corrected chi connectivity index (χ4v) is 3.98. The van der Waals surface area contributed by atoms with Crippen LogP contribution in [0.1, 0.15) is 36.4 Å². The molecule has 0 bridgehead atoms. The molecule has 10 heteroatoms. The van der Waals surface area contributed by atoms with Crippen LogP contribution in [0.15, 0.2) is 62.9 Å². The van der Waals surface area contributed by atoms with Gasteiger partial charge < -0.3 is 4.42 Å². The van der Waals surface area contributed by atoms with E-state index >= 15 is 0 Å². The number of nitrogens with zero attached hydrogens (tertiary/aromatic N) is 4. The first-order valence-corrected chi connectivity index (χ1v) is 10.3. The van der Waals surface area contributed by atoms with Crippen LogP contribution in [0.3, 0.4) is 0 Å². The summed E-state index contributed by atoms with van der Waals surface area (Å²) in [4.78, 5) is 17.9. The number of para-hydroxylation sites is 1. The fraction of sp³-hybridized carbons (Fsp3) is 0.238. The molecule has 0 aliphatic rings. The second kappa shape index (κ2) is 8.18. The van der Waals surface area contributed by atoms with Crippen molar-refractivity contribution in [2.24, 2.45) is 0 Å². The predicted molar refractivity (Wildman–Crippen MR) is 110 cm³/mol. The van der Waals surface area contributed by atoms with Gasteiger partial charge in [-0.15, -0.1) is 10.2 Å². The Kier molecular flexibility index (Phi) is 5.57. The minimum absolute atomic E-state index is 0.201. The maximum absolute atomic E-state index is 13.3. The monoisotopic (exact) mass is 446 g/mol. The third-order valence-electron chi connectivity index (χ3n) is 4.66. The van der Waals surface area contributed by atoms with Crippen LogP contribution in [-0.4, -0.2) is 19.7 Å². The van der Waals surface area contributed by atoms with Gasteiger partial charge >= 0.3 is 12.1 Å². The molecule has 0 aliphatic carbocycles. The minimum Gasteiger partial charge on any atom is -0.416 e. The zero-order chi connectivity index (χ0) is 22.2. The molecule has 0 spiro atoms. The SMILES string of the molecule is CCc1ccc(-n2c(SC(C)c3nnc(C(F)(F)F)o3)nc3ccccc3c2=O)cc1. The lowest BCUT2D eigenvalue weighted by Gasteiger charge is -2.15. The van der Waals surface area contributed by atoms with Crippen molar-refractivity contribution < 1.29 is 17.6 Å². The van der Waals surface area contributed by atoms with E-state index in [-0.39, 0.29) is 11.4 Å². The summed E-state index contributed by atoms with van der Waals surface area (Å²) in [5.74, 6) is -1.61. The summed E-state index contributed by atoms with van der Waals surface area (Å²) in [7, 11) is 0. The molecule has 2 aromatic heterocycles. The molecule has 31 heavy (non-hydrogen) atoms. The zero-order valence-corrected chi connectivity index (χ0v) is 17.4. The number of fused-ring (bicyclic) bond motifs is 1. The summed E-state index contributed by atoms with van der Waals surface area (Å²) in [6, 6.07) is 14.4. The van der Waals surface area contributed by atoms with Crippen LogP contribution in [0.25, 0.3) is 16.6 Å². The van der Waals surface area contributed by atoms with Crippen LogP contribution in [0.4, 0.5) is 13.2 Å². The van der Waals surface area contributed by atoms with Gasteiger partial charge in [-0.3, -0.25) is 9.36 Å². The molecule has 0 radical (unpaired) electrons. The van der Waals surface area contributed by atoms with E-state index in [9.17, 15) is 18.0 Å². The molecule has 4 aromatic rings. The van der Waals surface area contributed by atoms with Crippen molar-refractivity contribution in [2.75, 3.05) is 0 Å². The van der Waals surface area contributed by atoms with Crippen LogP contribution in [0, 0.1) is 0 Å². The molecule has 4 rings (SSSR count). The molecule has 2 aromatic carbocycles. The van der Waals surface area contributed by atoms with Gasteiger partial charge in [0.15, 0.2) is 5.16 Å². The topological polar surface area (TPSA) is 73.8 Å². The van der Waals surface area contributed by atoms with Crippen molar-refractivity contribution in [3.05, 3.63) is 76.2 Å². The lowest BCUT2D eigenvalue weighted by atomic mass is 10.1. The predicted octanol–water partition coefficient (Wildman–Crippen LogP) is 5.20. The molecule has 6 nitrogen and oxygen atoms in total. The molecule has 2 heterocycles. The highest BCUT2D eigenvalue weighted by Crippen LogP contribution is 2.36. The lowest BCUT2D eigenvalue weighted by molar-refractivity contribution is -0.157. The third-order valence-corrected chi connectivity index (χ3v) is 5.70. The van der Waals surface area contributed by atoms with E-state index in [1.165, 1.54) is 4.57 Å². The molecule has 1 unspecified atom stereocenters. The van der Waals surface area contributed by atoms with Gasteiger partial charge in [-0.25, -0.2) is 4.98 Å².